The van der Waals surface area contributed by atoms with Gasteiger partial charge in [-0.1, -0.05) is 24.2 Å². The molecule has 2 fully saturated rings. The van der Waals surface area contributed by atoms with E-state index in [1.807, 2.05) is 29.2 Å². The van der Waals surface area contributed by atoms with Crippen LogP contribution in [0.4, 0.5) is 10.5 Å². The molecular weight excluding hydrogens is 382 g/mol. The summed E-state index contributed by atoms with van der Waals surface area (Å²) in [6, 6.07) is 7.77. The zero-order valence-corrected chi connectivity index (χ0v) is 17.6. The molecule has 1 saturated carbocycles. The lowest BCUT2D eigenvalue weighted by Gasteiger charge is -2.27. The van der Waals surface area contributed by atoms with Crippen molar-refractivity contribution in [1.82, 2.24) is 19.9 Å². The van der Waals surface area contributed by atoms with E-state index in [-0.39, 0.29) is 18.0 Å². The molecule has 2 aliphatic rings. The topological polar surface area (TPSA) is 91.6 Å². The van der Waals surface area contributed by atoms with E-state index in [2.05, 4.69) is 22.4 Å². The summed E-state index contributed by atoms with van der Waals surface area (Å²) in [6.45, 7) is 5.34. The van der Waals surface area contributed by atoms with Gasteiger partial charge in [0.1, 0.15) is 0 Å². The Hall–Kier alpha value is -2.90. The zero-order chi connectivity index (χ0) is 21.1. The SMILES string of the molecule is CCc1cccc(NC(=O)N2CCC(N(CCc3noc(C4CC4)n3)C(C)=O)C2)c1. The average Bonchev–Trinajstić information content (AvgIpc) is 3.28. The molecule has 1 N–H and O–H groups in total. The van der Waals surface area contributed by atoms with Gasteiger partial charge in [-0.3, -0.25) is 4.79 Å². The Morgan fingerprint density at radius 2 is 2.13 bits per heavy atom. The van der Waals surface area contributed by atoms with Gasteiger partial charge in [0.15, 0.2) is 5.82 Å². The molecule has 1 aromatic carbocycles. The number of rotatable bonds is 7. The Bertz CT molecular complexity index is 908. The van der Waals surface area contributed by atoms with Gasteiger partial charge in [0.2, 0.25) is 11.8 Å². The molecule has 0 spiro atoms. The van der Waals surface area contributed by atoms with Crippen LogP contribution >= 0.6 is 0 Å². The molecular formula is C22H29N5O3. The van der Waals surface area contributed by atoms with Gasteiger partial charge in [0, 0.05) is 44.6 Å². The summed E-state index contributed by atoms with van der Waals surface area (Å²) in [7, 11) is 0. The van der Waals surface area contributed by atoms with Crippen molar-refractivity contribution in [2.24, 2.45) is 0 Å². The average molecular weight is 412 g/mol. The summed E-state index contributed by atoms with van der Waals surface area (Å²) in [6.07, 6.45) is 4.48. The summed E-state index contributed by atoms with van der Waals surface area (Å²) in [4.78, 5) is 33.0. The fourth-order valence-electron chi connectivity index (χ4n) is 3.93. The van der Waals surface area contributed by atoms with Crippen molar-refractivity contribution in [2.45, 2.75) is 57.9 Å². The second-order valence-electron chi connectivity index (χ2n) is 8.16. The first-order chi connectivity index (χ1) is 14.5. The van der Waals surface area contributed by atoms with Crippen LogP contribution in [0.15, 0.2) is 28.8 Å². The van der Waals surface area contributed by atoms with Crippen molar-refractivity contribution >= 4 is 17.6 Å². The fraction of sp³-hybridized carbons (Fsp3) is 0.545. The number of likely N-dealkylation sites (tertiary alicyclic amines) is 1. The number of aromatic nitrogens is 2. The minimum Gasteiger partial charge on any atom is -0.339 e. The molecule has 4 rings (SSSR count). The molecule has 2 heterocycles. The van der Waals surface area contributed by atoms with Gasteiger partial charge in [-0.15, -0.1) is 0 Å². The maximum atomic E-state index is 12.7. The van der Waals surface area contributed by atoms with Gasteiger partial charge >= 0.3 is 6.03 Å². The number of urea groups is 1. The van der Waals surface area contributed by atoms with Crippen LogP contribution in [0.2, 0.25) is 0 Å². The summed E-state index contributed by atoms with van der Waals surface area (Å²) < 4.78 is 5.30. The van der Waals surface area contributed by atoms with Crippen LogP contribution in [0.3, 0.4) is 0 Å². The number of amides is 3. The largest absolute Gasteiger partial charge is 0.339 e. The van der Waals surface area contributed by atoms with E-state index in [0.717, 1.165) is 37.3 Å². The Kier molecular flexibility index (Phi) is 6.01. The van der Waals surface area contributed by atoms with E-state index in [4.69, 9.17) is 4.52 Å². The van der Waals surface area contributed by atoms with Gasteiger partial charge in [-0.2, -0.15) is 4.98 Å². The Labute approximate surface area is 176 Å². The molecule has 3 amide bonds. The van der Waals surface area contributed by atoms with E-state index in [9.17, 15) is 9.59 Å². The van der Waals surface area contributed by atoms with E-state index >= 15 is 0 Å². The molecule has 1 saturated heterocycles. The number of hydrogen-bond acceptors (Lipinski definition) is 5. The number of aryl methyl sites for hydroxylation is 1. The van der Waals surface area contributed by atoms with Gasteiger partial charge in [0.05, 0.1) is 6.04 Å². The monoisotopic (exact) mass is 411 g/mol. The lowest BCUT2D eigenvalue weighted by molar-refractivity contribution is -0.130. The number of anilines is 1. The van der Waals surface area contributed by atoms with E-state index in [0.29, 0.717) is 37.8 Å². The quantitative estimate of drug-likeness (QED) is 0.755. The first kappa shape index (κ1) is 20.4. The highest BCUT2D eigenvalue weighted by atomic mass is 16.5. The molecule has 8 nitrogen and oxygen atoms in total. The molecule has 0 radical (unpaired) electrons. The molecule has 1 aromatic heterocycles. The smallest absolute Gasteiger partial charge is 0.321 e. The van der Waals surface area contributed by atoms with Crippen LogP contribution in [-0.4, -0.2) is 57.6 Å². The van der Waals surface area contributed by atoms with Crippen molar-refractivity contribution < 1.29 is 14.1 Å². The van der Waals surface area contributed by atoms with Gasteiger partial charge in [0.25, 0.3) is 0 Å². The standard InChI is InChI=1S/C22H29N5O3/c1-3-16-5-4-6-18(13-16)23-22(29)26-11-9-19(14-26)27(15(2)28)12-10-20-24-21(30-25-20)17-7-8-17/h4-6,13,17,19H,3,7-12,14H2,1-2H3,(H,23,29). The molecule has 8 heteroatoms. The molecule has 1 aliphatic heterocycles. The van der Waals surface area contributed by atoms with E-state index < -0.39 is 0 Å². The highest BCUT2D eigenvalue weighted by Crippen LogP contribution is 2.38. The van der Waals surface area contributed by atoms with E-state index in [1.54, 1.807) is 11.8 Å². The van der Waals surface area contributed by atoms with Crippen molar-refractivity contribution in [1.29, 1.82) is 0 Å². The van der Waals surface area contributed by atoms with Crippen LogP contribution < -0.4 is 5.32 Å². The maximum absolute atomic E-state index is 12.7. The van der Waals surface area contributed by atoms with Crippen molar-refractivity contribution in [2.75, 3.05) is 25.0 Å². The lowest BCUT2D eigenvalue weighted by atomic mass is 10.1. The minimum atomic E-state index is -0.124. The second kappa shape index (κ2) is 8.85. The number of nitrogens with zero attached hydrogens (tertiary/aromatic N) is 4. The molecule has 30 heavy (non-hydrogen) atoms. The highest BCUT2D eigenvalue weighted by Gasteiger charge is 2.33. The Balaban J connectivity index is 1.32. The van der Waals surface area contributed by atoms with Crippen LogP contribution in [0.25, 0.3) is 0 Å². The number of carbonyl (C=O) groups excluding carboxylic acids is 2. The van der Waals surface area contributed by atoms with Gasteiger partial charge < -0.3 is 19.6 Å². The van der Waals surface area contributed by atoms with Crippen LogP contribution in [-0.2, 0) is 17.6 Å². The molecule has 1 atom stereocenters. The third-order valence-corrected chi connectivity index (χ3v) is 5.87. The van der Waals surface area contributed by atoms with Crippen molar-refractivity contribution in [3.63, 3.8) is 0 Å². The number of carbonyl (C=O) groups is 2. The second-order valence-corrected chi connectivity index (χ2v) is 8.16. The highest BCUT2D eigenvalue weighted by molar-refractivity contribution is 5.89. The summed E-state index contributed by atoms with van der Waals surface area (Å²) >= 11 is 0. The van der Waals surface area contributed by atoms with Crippen molar-refractivity contribution in [3.05, 3.63) is 41.5 Å². The van der Waals surface area contributed by atoms with Crippen LogP contribution in [0.5, 0.6) is 0 Å². The zero-order valence-electron chi connectivity index (χ0n) is 17.6. The predicted molar refractivity (Wildman–Crippen MR) is 112 cm³/mol. The summed E-state index contributed by atoms with van der Waals surface area (Å²) in [5, 5.41) is 7.02. The third kappa shape index (κ3) is 4.80. The van der Waals surface area contributed by atoms with Crippen molar-refractivity contribution in [3.8, 4) is 0 Å². The number of nitrogens with one attached hydrogen (secondary N) is 1. The Morgan fingerprint density at radius 3 is 2.87 bits per heavy atom. The Morgan fingerprint density at radius 1 is 1.30 bits per heavy atom. The van der Waals surface area contributed by atoms with Crippen LogP contribution in [0.1, 0.15) is 56.3 Å². The third-order valence-electron chi connectivity index (χ3n) is 5.87. The first-order valence-electron chi connectivity index (χ1n) is 10.8. The summed E-state index contributed by atoms with van der Waals surface area (Å²) in [5.41, 5.74) is 1.98. The molecule has 0 bridgehead atoms. The predicted octanol–water partition coefficient (Wildman–Crippen LogP) is 3.21. The summed E-state index contributed by atoms with van der Waals surface area (Å²) in [5.74, 6) is 1.79. The molecule has 2 aromatic rings. The number of hydrogen-bond donors (Lipinski definition) is 1. The van der Waals surface area contributed by atoms with Crippen LogP contribution in [0, 0.1) is 0 Å². The maximum Gasteiger partial charge on any atom is 0.321 e. The first-order valence-corrected chi connectivity index (χ1v) is 10.8. The normalized spacial score (nSPS) is 18.5. The molecule has 1 aliphatic carbocycles. The number of benzene rings is 1. The molecule has 1 unspecified atom stereocenters. The molecule has 160 valence electrons. The minimum absolute atomic E-state index is 0.00353. The van der Waals surface area contributed by atoms with Gasteiger partial charge in [-0.05, 0) is 43.4 Å². The lowest BCUT2D eigenvalue weighted by Crippen LogP contribution is -2.43. The van der Waals surface area contributed by atoms with Gasteiger partial charge in [-0.25, -0.2) is 4.79 Å². The van der Waals surface area contributed by atoms with E-state index in [1.165, 1.54) is 5.56 Å². The fourth-order valence-corrected chi connectivity index (χ4v) is 3.93.